The fraction of sp³-hybridized carbons (Fsp3) is 0.154. The second-order valence-corrected chi connectivity index (χ2v) is 3.88. The molecule has 0 aliphatic carbocycles. The summed E-state index contributed by atoms with van der Waals surface area (Å²) in [5, 5.41) is 15.5. The molecule has 2 rings (SSSR count). The molecule has 0 aliphatic rings. The van der Waals surface area contributed by atoms with Gasteiger partial charge in [-0.05, 0) is 12.1 Å². The summed E-state index contributed by atoms with van der Waals surface area (Å²) in [6.45, 7) is 0. The highest BCUT2D eigenvalue weighted by Crippen LogP contribution is 2.25. The minimum atomic E-state index is -0.281. The highest BCUT2D eigenvalue weighted by atomic mass is 16.5. The van der Waals surface area contributed by atoms with E-state index in [0.717, 1.165) is 0 Å². The molecule has 0 spiro atoms. The van der Waals surface area contributed by atoms with Crippen molar-refractivity contribution in [1.82, 2.24) is 9.78 Å². The minimum Gasteiger partial charge on any atom is -0.495 e. The molecule has 2 aromatic rings. The van der Waals surface area contributed by atoms with Crippen molar-refractivity contribution in [1.29, 1.82) is 5.26 Å². The number of carbonyl (C=O) groups excluding carboxylic acids is 1. The van der Waals surface area contributed by atoms with E-state index in [1.54, 1.807) is 36.1 Å². The molecule has 0 atom stereocenters. The van der Waals surface area contributed by atoms with Crippen molar-refractivity contribution >= 4 is 11.6 Å². The third kappa shape index (κ3) is 2.72. The Hall–Kier alpha value is -2.81. The number of rotatable bonds is 3. The van der Waals surface area contributed by atoms with Crippen LogP contribution in [0, 0.1) is 11.3 Å². The summed E-state index contributed by atoms with van der Waals surface area (Å²) < 4.78 is 6.69. The Morgan fingerprint density at radius 1 is 1.53 bits per heavy atom. The molecule has 6 nitrogen and oxygen atoms in total. The number of aromatic nitrogens is 2. The van der Waals surface area contributed by atoms with E-state index in [1.807, 2.05) is 6.07 Å². The van der Waals surface area contributed by atoms with Crippen LogP contribution >= 0.6 is 0 Å². The molecule has 0 bridgehead atoms. The number of nitrogens with one attached hydrogen (secondary N) is 1. The first-order chi connectivity index (χ1) is 9.13. The van der Waals surface area contributed by atoms with Gasteiger partial charge in [0.25, 0.3) is 5.91 Å². The van der Waals surface area contributed by atoms with Gasteiger partial charge in [0.15, 0.2) is 0 Å². The standard InChI is InChI=1S/C13H12N4O2/c1-17-8-10(7-15-17)13(18)16-11-4-3-9(6-14)5-12(11)19-2/h3-5,7-8H,1-2H3,(H,16,18). The van der Waals surface area contributed by atoms with Gasteiger partial charge >= 0.3 is 0 Å². The van der Waals surface area contributed by atoms with Gasteiger partial charge in [0.05, 0.1) is 36.2 Å². The van der Waals surface area contributed by atoms with E-state index in [4.69, 9.17) is 10.00 Å². The molecule has 0 fully saturated rings. The van der Waals surface area contributed by atoms with Crippen LogP contribution < -0.4 is 10.1 Å². The lowest BCUT2D eigenvalue weighted by atomic mass is 10.2. The molecule has 1 aromatic heterocycles. The molecule has 1 amide bonds. The Bertz CT molecular complexity index is 655. The Labute approximate surface area is 110 Å². The maximum absolute atomic E-state index is 12.0. The highest BCUT2D eigenvalue weighted by Gasteiger charge is 2.11. The molecule has 96 valence electrons. The fourth-order valence-electron chi connectivity index (χ4n) is 1.60. The quantitative estimate of drug-likeness (QED) is 0.903. The number of methoxy groups -OCH3 is 1. The Kier molecular flexibility index (Phi) is 3.48. The average Bonchev–Trinajstić information content (AvgIpc) is 2.86. The van der Waals surface area contributed by atoms with E-state index in [2.05, 4.69) is 10.4 Å². The van der Waals surface area contributed by atoms with Crippen molar-refractivity contribution in [2.45, 2.75) is 0 Å². The largest absolute Gasteiger partial charge is 0.495 e. The second-order valence-electron chi connectivity index (χ2n) is 3.88. The van der Waals surface area contributed by atoms with E-state index < -0.39 is 0 Å². The topological polar surface area (TPSA) is 79.9 Å². The van der Waals surface area contributed by atoms with Gasteiger partial charge in [-0.25, -0.2) is 0 Å². The molecule has 1 aromatic carbocycles. The molecule has 0 radical (unpaired) electrons. The van der Waals surface area contributed by atoms with Crippen LogP contribution in [0.15, 0.2) is 30.6 Å². The van der Waals surface area contributed by atoms with Gasteiger partial charge in [-0.1, -0.05) is 0 Å². The third-order valence-corrected chi connectivity index (χ3v) is 2.55. The predicted octanol–water partition coefficient (Wildman–Crippen LogP) is 1.55. The number of carbonyl (C=O) groups is 1. The van der Waals surface area contributed by atoms with Crippen LogP contribution in [0.2, 0.25) is 0 Å². The molecular formula is C13H12N4O2. The first kappa shape index (κ1) is 12.6. The van der Waals surface area contributed by atoms with Crippen molar-refractivity contribution in [3.05, 3.63) is 41.7 Å². The monoisotopic (exact) mass is 256 g/mol. The van der Waals surface area contributed by atoms with Gasteiger partial charge in [0, 0.05) is 19.3 Å². The molecular weight excluding hydrogens is 244 g/mol. The molecule has 0 saturated heterocycles. The van der Waals surface area contributed by atoms with Crippen molar-refractivity contribution < 1.29 is 9.53 Å². The number of amides is 1. The van der Waals surface area contributed by atoms with Crippen LogP contribution in [0.1, 0.15) is 15.9 Å². The van der Waals surface area contributed by atoms with Gasteiger partial charge in [-0.3, -0.25) is 9.48 Å². The first-order valence-electron chi connectivity index (χ1n) is 5.52. The lowest BCUT2D eigenvalue weighted by molar-refractivity contribution is 0.102. The van der Waals surface area contributed by atoms with Crippen molar-refractivity contribution in [2.75, 3.05) is 12.4 Å². The predicted molar refractivity (Wildman–Crippen MR) is 68.9 cm³/mol. The number of anilines is 1. The zero-order chi connectivity index (χ0) is 13.8. The van der Waals surface area contributed by atoms with Gasteiger partial charge < -0.3 is 10.1 Å². The second kappa shape index (κ2) is 5.23. The number of nitrogens with zero attached hydrogens (tertiary/aromatic N) is 3. The normalized spacial score (nSPS) is 9.74. The maximum Gasteiger partial charge on any atom is 0.258 e. The molecule has 0 aliphatic heterocycles. The lowest BCUT2D eigenvalue weighted by Gasteiger charge is -2.09. The number of nitriles is 1. The summed E-state index contributed by atoms with van der Waals surface area (Å²) in [6.07, 6.45) is 3.09. The molecule has 0 saturated carbocycles. The summed E-state index contributed by atoms with van der Waals surface area (Å²) in [5.74, 6) is 0.160. The van der Waals surface area contributed by atoms with E-state index in [-0.39, 0.29) is 5.91 Å². The Balaban J connectivity index is 2.24. The van der Waals surface area contributed by atoms with Gasteiger partial charge in [0.1, 0.15) is 5.75 Å². The smallest absolute Gasteiger partial charge is 0.258 e. The summed E-state index contributed by atoms with van der Waals surface area (Å²) in [7, 11) is 3.22. The number of ether oxygens (including phenoxy) is 1. The average molecular weight is 256 g/mol. The van der Waals surface area contributed by atoms with Gasteiger partial charge in [0.2, 0.25) is 0 Å². The third-order valence-electron chi connectivity index (χ3n) is 2.55. The zero-order valence-electron chi connectivity index (χ0n) is 10.5. The Morgan fingerprint density at radius 2 is 2.32 bits per heavy atom. The summed E-state index contributed by atoms with van der Waals surface area (Å²) in [4.78, 5) is 12.0. The maximum atomic E-state index is 12.0. The number of aryl methyl sites for hydroxylation is 1. The number of hydrogen-bond acceptors (Lipinski definition) is 4. The van der Waals surface area contributed by atoms with Crippen LogP contribution in [0.3, 0.4) is 0 Å². The summed E-state index contributed by atoms with van der Waals surface area (Å²) in [5.41, 5.74) is 1.43. The SMILES string of the molecule is COc1cc(C#N)ccc1NC(=O)c1cnn(C)c1. The van der Waals surface area contributed by atoms with Crippen molar-refractivity contribution in [3.8, 4) is 11.8 Å². The van der Waals surface area contributed by atoms with Crippen molar-refractivity contribution in [2.24, 2.45) is 7.05 Å². The fourth-order valence-corrected chi connectivity index (χ4v) is 1.60. The van der Waals surface area contributed by atoms with E-state index in [0.29, 0.717) is 22.6 Å². The van der Waals surface area contributed by atoms with Crippen LogP contribution in [0.5, 0.6) is 5.75 Å². The summed E-state index contributed by atoms with van der Waals surface area (Å²) >= 11 is 0. The molecule has 6 heteroatoms. The molecule has 1 heterocycles. The van der Waals surface area contributed by atoms with Crippen LogP contribution in [-0.4, -0.2) is 22.8 Å². The number of benzene rings is 1. The first-order valence-corrected chi connectivity index (χ1v) is 5.52. The highest BCUT2D eigenvalue weighted by molar-refractivity contribution is 6.04. The van der Waals surface area contributed by atoms with E-state index >= 15 is 0 Å². The van der Waals surface area contributed by atoms with E-state index in [1.165, 1.54) is 13.3 Å². The van der Waals surface area contributed by atoms with E-state index in [9.17, 15) is 4.79 Å². The summed E-state index contributed by atoms with van der Waals surface area (Å²) in [6, 6.07) is 6.82. The molecule has 1 N–H and O–H groups in total. The van der Waals surface area contributed by atoms with Crippen LogP contribution in [0.4, 0.5) is 5.69 Å². The van der Waals surface area contributed by atoms with Crippen molar-refractivity contribution in [3.63, 3.8) is 0 Å². The van der Waals surface area contributed by atoms with Gasteiger partial charge in [-0.2, -0.15) is 10.4 Å². The minimum absolute atomic E-state index is 0.281. The zero-order valence-corrected chi connectivity index (χ0v) is 10.5. The van der Waals surface area contributed by atoms with Gasteiger partial charge in [-0.15, -0.1) is 0 Å². The Morgan fingerprint density at radius 3 is 2.89 bits per heavy atom. The lowest BCUT2D eigenvalue weighted by Crippen LogP contribution is -2.12. The molecule has 0 unspecified atom stereocenters. The number of hydrogen-bond donors (Lipinski definition) is 1. The van der Waals surface area contributed by atoms with Crippen LogP contribution in [-0.2, 0) is 7.05 Å². The molecule has 19 heavy (non-hydrogen) atoms. The van der Waals surface area contributed by atoms with Crippen LogP contribution in [0.25, 0.3) is 0 Å².